The Kier molecular flexibility index (Phi) is 6.10. The summed E-state index contributed by atoms with van der Waals surface area (Å²) in [6.45, 7) is 5.07. The van der Waals surface area contributed by atoms with Crippen LogP contribution in [-0.2, 0) is 28.6 Å². The van der Waals surface area contributed by atoms with E-state index in [1.165, 1.54) is 0 Å². The van der Waals surface area contributed by atoms with E-state index in [-0.39, 0.29) is 12.8 Å². The first-order valence-corrected chi connectivity index (χ1v) is 10.5. The molecule has 3 N–H and O–H groups in total. The normalized spacial score (nSPS) is 45.6. The van der Waals surface area contributed by atoms with Crippen molar-refractivity contribution < 1.29 is 52.7 Å². The van der Waals surface area contributed by atoms with Crippen LogP contribution in [0.15, 0.2) is 0 Å². The topological polar surface area (TPSA) is 140 Å². The minimum atomic E-state index is -2.21. The number of alkyl halides is 2. The number of carbonyl (C=O) groups is 3. The molecule has 0 radical (unpaired) electrons. The summed E-state index contributed by atoms with van der Waals surface area (Å²) in [6, 6.07) is 0. The molecule has 10 atom stereocenters. The SMILES string of the molecule is COC(=O)C1(F)[C@@H]2[C@H]1[C@@H](O)C[C@H]2O.COC(=O)[C@]1(F)[C@@H]2[C@H]1[C@@H](O)C[C@H]2OC(=O)C(C)(C)C. The number of aliphatic hydroxyl groups excluding tert-OH is 3. The highest BCUT2D eigenvalue weighted by Gasteiger charge is 2.81. The molecule has 182 valence electrons. The number of hydrogen-bond donors (Lipinski definition) is 3. The van der Waals surface area contributed by atoms with Crippen molar-refractivity contribution in [3.8, 4) is 0 Å². The third kappa shape index (κ3) is 3.58. The first kappa shape index (κ1) is 24.8. The standard InChI is InChI=1S/C13H19FO5.C8H11FO4/c1-12(2,3)10(16)19-7-5-6(15)8-9(7)13(8,14)11(17)18-4;1-13-7(12)8(9)5-3(10)2-4(11)6(5)8/h6-9,15H,5H2,1-4H3;3-6,10-11H,2H2,1H3/t6-,7+,8+,9-,13+;3-,4+,5+,6-,8?/m0./s1. The van der Waals surface area contributed by atoms with E-state index in [0.717, 1.165) is 14.2 Å². The second-order valence-corrected chi connectivity index (χ2v) is 9.99. The molecule has 11 heteroatoms. The zero-order valence-corrected chi connectivity index (χ0v) is 18.6. The van der Waals surface area contributed by atoms with Gasteiger partial charge in [-0.05, 0) is 20.8 Å². The zero-order chi connectivity index (χ0) is 24.4. The Morgan fingerprint density at radius 1 is 0.781 bits per heavy atom. The fourth-order valence-electron chi connectivity index (χ4n) is 5.24. The minimum Gasteiger partial charge on any atom is -0.467 e. The van der Waals surface area contributed by atoms with Gasteiger partial charge in [0.05, 0.1) is 43.9 Å². The summed E-state index contributed by atoms with van der Waals surface area (Å²) < 4.78 is 42.1. The molecule has 4 aliphatic carbocycles. The summed E-state index contributed by atoms with van der Waals surface area (Å²) in [7, 11) is 2.19. The van der Waals surface area contributed by atoms with E-state index in [1.54, 1.807) is 20.8 Å². The molecule has 0 aromatic carbocycles. The lowest BCUT2D eigenvalue weighted by Crippen LogP contribution is -2.36. The highest BCUT2D eigenvalue weighted by Crippen LogP contribution is 2.65. The van der Waals surface area contributed by atoms with Crippen molar-refractivity contribution in [2.45, 2.75) is 69.4 Å². The Bertz CT molecular complexity index is 783. The van der Waals surface area contributed by atoms with Crippen LogP contribution in [-0.4, -0.2) is 83.2 Å². The van der Waals surface area contributed by atoms with Gasteiger partial charge in [-0.25, -0.2) is 18.4 Å². The van der Waals surface area contributed by atoms with Crippen molar-refractivity contribution in [2.75, 3.05) is 14.2 Å². The maximum atomic E-state index is 14.4. The third-order valence-electron chi connectivity index (χ3n) is 6.96. The highest BCUT2D eigenvalue weighted by atomic mass is 19.2. The Labute approximate surface area is 184 Å². The van der Waals surface area contributed by atoms with E-state index in [4.69, 9.17) is 4.74 Å². The van der Waals surface area contributed by atoms with Crippen LogP contribution in [0.3, 0.4) is 0 Å². The fourth-order valence-corrected chi connectivity index (χ4v) is 5.24. The van der Waals surface area contributed by atoms with Gasteiger partial charge in [-0.3, -0.25) is 4.79 Å². The molecule has 32 heavy (non-hydrogen) atoms. The number of esters is 3. The van der Waals surface area contributed by atoms with Gasteiger partial charge in [0.1, 0.15) is 6.10 Å². The third-order valence-corrected chi connectivity index (χ3v) is 6.96. The summed E-state index contributed by atoms with van der Waals surface area (Å²) in [5.74, 6) is -5.60. The second kappa shape index (κ2) is 7.88. The van der Waals surface area contributed by atoms with E-state index in [1.807, 2.05) is 0 Å². The van der Waals surface area contributed by atoms with E-state index in [0.29, 0.717) is 0 Å². The molecule has 0 aromatic heterocycles. The molecule has 4 fully saturated rings. The number of hydrogen-bond acceptors (Lipinski definition) is 9. The van der Waals surface area contributed by atoms with Crippen molar-refractivity contribution >= 4 is 17.9 Å². The number of halogens is 2. The van der Waals surface area contributed by atoms with Gasteiger partial charge in [0, 0.05) is 30.6 Å². The Balaban J connectivity index is 0.000000193. The molecule has 0 aliphatic heterocycles. The van der Waals surface area contributed by atoms with Crippen molar-refractivity contribution in [3.05, 3.63) is 0 Å². The molecule has 0 amide bonds. The summed E-state index contributed by atoms with van der Waals surface area (Å²) in [5.41, 5.74) is -5.07. The van der Waals surface area contributed by atoms with E-state index < -0.39 is 82.7 Å². The molecule has 0 heterocycles. The van der Waals surface area contributed by atoms with E-state index >= 15 is 0 Å². The number of fused-ring (bicyclic) bond motifs is 2. The van der Waals surface area contributed by atoms with E-state index in [9.17, 15) is 38.5 Å². The molecule has 0 bridgehead atoms. The van der Waals surface area contributed by atoms with Crippen molar-refractivity contribution in [3.63, 3.8) is 0 Å². The molecule has 0 saturated heterocycles. The van der Waals surface area contributed by atoms with Gasteiger partial charge >= 0.3 is 17.9 Å². The summed E-state index contributed by atoms with van der Waals surface area (Å²) in [4.78, 5) is 34.2. The van der Waals surface area contributed by atoms with Crippen LogP contribution >= 0.6 is 0 Å². The van der Waals surface area contributed by atoms with E-state index in [2.05, 4.69) is 9.47 Å². The average Bonchev–Trinajstić information content (AvgIpc) is 3.43. The van der Waals surface area contributed by atoms with Crippen LogP contribution in [0.4, 0.5) is 8.78 Å². The molecule has 4 saturated carbocycles. The maximum Gasteiger partial charge on any atom is 0.344 e. The molecule has 4 aliphatic rings. The monoisotopic (exact) mass is 464 g/mol. The predicted octanol–water partition coefficient (Wildman–Crippen LogP) is 0.0754. The number of aliphatic hydroxyl groups is 3. The predicted molar refractivity (Wildman–Crippen MR) is 102 cm³/mol. The second-order valence-electron chi connectivity index (χ2n) is 9.99. The summed E-state index contributed by atoms with van der Waals surface area (Å²) >= 11 is 0. The van der Waals surface area contributed by atoms with Crippen molar-refractivity contribution in [1.82, 2.24) is 0 Å². The fraction of sp³-hybridized carbons (Fsp3) is 0.857. The van der Waals surface area contributed by atoms with Crippen molar-refractivity contribution in [2.24, 2.45) is 29.1 Å². The van der Waals surface area contributed by atoms with Gasteiger partial charge in [0.15, 0.2) is 0 Å². The molecule has 9 nitrogen and oxygen atoms in total. The first-order chi connectivity index (χ1) is 14.7. The van der Waals surface area contributed by atoms with Crippen molar-refractivity contribution in [1.29, 1.82) is 0 Å². The van der Waals surface area contributed by atoms with Gasteiger partial charge in [-0.1, -0.05) is 0 Å². The van der Waals surface area contributed by atoms with Crippen LogP contribution in [0, 0.1) is 29.1 Å². The minimum absolute atomic E-state index is 0.151. The number of ether oxygens (including phenoxy) is 3. The van der Waals surface area contributed by atoms with Gasteiger partial charge in [-0.2, -0.15) is 0 Å². The zero-order valence-electron chi connectivity index (χ0n) is 18.6. The molecular weight excluding hydrogens is 434 g/mol. The molecular formula is C21H30F2O9. The first-order valence-electron chi connectivity index (χ1n) is 10.5. The van der Waals surface area contributed by atoms with Crippen LogP contribution in [0.2, 0.25) is 0 Å². The lowest BCUT2D eigenvalue weighted by Gasteiger charge is -2.23. The summed E-state index contributed by atoms with van der Waals surface area (Å²) in [6.07, 6.45) is -3.28. The number of rotatable bonds is 3. The molecule has 1 unspecified atom stereocenters. The Hall–Kier alpha value is -1.85. The highest BCUT2D eigenvalue weighted by molar-refractivity contribution is 5.86. The van der Waals surface area contributed by atoms with Crippen LogP contribution in [0.1, 0.15) is 33.6 Å². The van der Waals surface area contributed by atoms with Gasteiger partial charge in [0.2, 0.25) is 11.3 Å². The molecule has 0 spiro atoms. The van der Waals surface area contributed by atoms with Gasteiger partial charge in [0.25, 0.3) is 0 Å². The van der Waals surface area contributed by atoms with Crippen LogP contribution in [0.25, 0.3) is 0 Å². The lowest BCUT2D eigenvalue weighted by molar-refractivity contribution is -0.164. The molecule has 4 rings (SSSR count). The smallest absolute Gasteiger partial charge is 0.344 e. The van der Waals surface area contributed by atoms with Gasteiger partial charge in [-0.15, -0.1) is 0 Å². The number of methoxy groups -OCH3 is 2. The Morgan fingerprint density at radius 3 is 1.56 bits per heavy atom. The van der Waals surface area contributed by atoms with Gasteiger partial charge < -0.3 is 29.5 Å². The molecule has 0 aromatic rings. The maximum absolute atomic E-state index is 14.4. The summed E-state index contributed by atoms with van der Waals surface area (Å²) in [5, 5.41) is 28.3. The Morgan fingerprint density at radius 2 is 1.16 bits per heavy atom. The van der Waals surface area contributed by atoms with Crippen LogP contribution < -0.4 is 0 Å². The van der Waals surface area contributed by atoms with Crippen LogP contribution in [0.5, 0.6) is 0 Å². The quantitative estimate of drug-likeness (QED) is 0.391. The number of carbonyl (C=O) groups excluding carboxylic acids is 3. The lowest BCUT2D eigenvalue weighted by atomic mass is 9.97. The average molecular weight is 464 g/mol. The largest absolute Gasteiger partial charge is 0.467 e.